The predicted octanol–water partition coefficient (Wildman–Crippen LogP) is 2.97. The molecule has 0 saturated carbocycles. The normalized spacial score (nSPS) is 15.2. The Kier molecular flexibility index (Phi) is 6.07. The fourth-order valence-electron chi connectivity index (χ4n) is 3.16. The van der Waals surface area contributed by atoms with Crippen molar-refractivity contribution in [1.29, 1.82) is 0 Å². The van der Waals surface area contributed by atoms with Crippen molar-refractivity contribution in [2.45, 2.75) is 19.9 Å². The number of rotatable bonds is 6. The maximum absolute atomic E-state index is 12.4. The number of amides is 1. The van der Waals surface area contributed by atoms with Gasteiger partial charge >= 0.3 is 0 Å². The van der Waals surface area contributed by atoms with E-state index in [9.17, 15) is 4.79 Å². The van der Waals surface area contributed by atoms with Crippen molar-refractivity contribution in [2.75, 3.05) is 32.8 Å². The summed E-state index contributed by atoms with van der Waals surface area (Å²) in [5.74, 6) is 0.895. The zero-order valence-electron chi connectivity index (χ0n) is 14.9. The minimum Gasteiger partial charge on any atom is -0.483 e. The Hall–Kier alpha value is -2.33. The van der Waals surface area contributed by atoms with Gasteiger partial charge < -0.3 is 9.64 Å². The molecule has 1 aliphatic heterocycles. The number of aryl methyl sites for hydroxylation is 1. The molecule has 25 heavy (non-hydrogen) atoms. The summed E-state index contributed by atoms with van der Waals surface area (Å²) in [5.41, 5.74) is 2.46. The number of piperazine rings is 1. The Bertz CT molecular complexity index is 679. The van der Waals surface area contributed by atoms with Crippen molar-refractivity contribution < 1.29 is 9.53 Å². The van der Waals surface area contributed by atoms with E-state index in [1.165, 1.54) is 5.56 Å². The molecule has 0 aromatic heterocycles. The highest BCUT2D eigenvalue weighted by Crippen LogP contribution is 2.18. The number of benzene rings is 2. The Morgan fingerprint density at radius 2 is 1.64 bits per heavy atom. The number of para-hydroxylation sites is 1. The Morgan fingerprint density at radius 1 is 0.960 bits per heavy atom. The Balaban J connectivity index is 1.45. The zero-order valence-corrected chi connectivity index (χ0v) is 14.9. The molecule has 1 saturated heterocycles. The second-order valence-corrected chi connectivity index (χ2v) is 6.39. The third kappa shape index (κ3) is 4.83. The molecular weight excluding hydrogens is 312 g/mol. The van der Waals surface area contributed by atoms with Crippen molar-refractivity contribution in [3.63, 3.8) is 0 Å². The summed E-state index contributed by atoms with van der Waals surface area (Å²) in [6.45, 7) is 6.52. The van der Waals surface area contributed by atoms with Gasteiger partial charge in [0, 0.05) is 32.7 Å². The highest BCUT2D eigenvalue weighted by molar-refractivity contribution is 5.78. The molecule has 0 atom stereocenters. The van der Waals surface area contributed by atoms with Crippen molar-refractivity contribution in [3.8, 4) is 5.75 Å². The Morgan fingerprint density at radius 3 is 2.36 bits per heavy atom. The molecule has 1 aliphatic rings. The smallest absolute Gasteiger partial charge is 0.260 e. The Labute approximate surface area is 150 Å². The largest absolute Gasteiger partial charge is 0.483 e. The van der Waals surface area contributed by atoms with Gasteiger partial charge in [0.05, 0.1) is 0 Å². The topological polar surface area (TPSA) is 32.8 Å². The molecule has 0 spiro atoms. The molecule has 1 heterocycles. The van der Waals surface area contributed by atoms with Gasteiger partial charge in [-0.1, -0.05) is 55.5 Å². The molecule has 4 heteroatoms. The molecule has 4 nitrogen and oxygen atoms in total. The first-order valence-corrected chi connectivity index (χ1v) is 9.01. The van der Waals surface area contributed by atoms with E-state index in [1.807, 2.05) is 35.2 Å². The lowest BCUT2D eigenvalue weighted by atomic mass is 10.1. The highest BCUT2D eigenvalue weighted by atomic mass is 16.5. The van der Waals surface area contributed by atoms with E-state index < -0.39 is 0 Å². The number of carbonyl (C=O) groups excluding carboxylic acids is 1. The van der Waals surface area contributed by atoms with Crippen LogP contribution in [0.5, 0.6) is 5.75 Å². The molecular formula is C21H26N2O2. The van der Waals surface area contributed by atoms with Crippen LogP contribution in [-0.2, 0) is 17.8 Å². The van der Waals surface area contributed by atoms with Crippen LogP contribution in [0.4, 0.5) is 0 Å². The van der Waals surface area contributed by atoms with Crippen LogP contribution in [0.25, 0.3) is 0 Å². The maximum Gasteiger partial charge on any atom is 0.260 e. The second-order valence-electron chi connectivity index (χ2n) is 6.39. The van der Waals surface area contributed by atoms with E-state index in [1.54, 1.807) is 0 Å². The van der Waals surface area contributed by atoms with Crippen molar-refractivity contribution in [3.05, 3.63) is 65.7 Å². The summed E-state index contributed by atoms with van der Waals surface area (Å²) in [7, 11) is 0. The molecule has 0 aliphatic carbocycles. The number of hydrogen-bond donors (Lipinski definition) is 0. The van der Waals surface area contributed by atoms with Crippen LogP contribution in [0, 0.1) is 0 Å². The van der Waals surface area contributed by atoms with Crippen molar-refractivity contribution >= 4 is 5.91 Å². The molecule has 3 rings (SSSR count). The van der Waals surface area contributed by atoms with Gasteiger partial charge in [-0.2, -0.15) is 0 Å². The number of carbonyl (C=O) groups is 1. The fourth-order valence-corrected chi connectivity index (χ4v) is 3.16. The SMILES string of the molecule is CCc1ccccc1OCC(=O)N1CCN(Cc2ccccc2)CC1. The maximum atomic E-state index is 12.4. The van der Waals surface area contributed by atoms with Crippen LogP contribution in [-0.4, -0.2) is 48.5 Å². The van der Waals surface area contributed by atoms with E-state index in [0.29, 0.717) is 0 Å². The quantitative estimate of drug-likeness (QED) is 0.812. The first-order valence-electron chi connectivity index (χ1n) is 9.01. The standard InChI is InChI=1S/C21H26N2O2/c1-2-19-10-6-7-11-20(19)25-17-21(24)23-14-12-22(13-15-23)16-18-8-4-3-5-9-18/h3-11H,2,12-17H2,1H3. The fraction of sp³-hybridized carbons (Fsp3) is 0.381. The summed E-state index contributed by atoms with van der Waals surface area (Å²) >= 11 is 0. The third-order valence-corrected chi connectivity index (χ3v) is 4.68. The van der Waals surface area contributed by atoms with Crippen molar-refractivity contribution in [2.24, 2.45) is 0 Å². The van der Waals surface area contributed by atoms with Crippen LogP contribution in [0.15, 0.2) is 54.6 Å². The lowest BCUT2D eigenvalue weighted by Crippen LogP contribution is -2.49. The summed E-state index contributed by atoms with van der Waals surface area (Å²) in [4.78, 5) is 16.7. The summed E-state index contributed by atoms with van der Waals surface area (Å²) in [6, 6.07) is 18.4. The second kappa shape index (κ2) is 8.67. The van der Waals surface area contributed by atoms with Gasteiger partial charge in [-0.15, -0.1) is 0 Å². The predicted molar refractivity (Wildman–Crippen MR) is 99.6 cm³/mol. The van der Waals surface area contributed by atoms with Gasteiger partial charge in [0.25, 0.3) is 5.91 Å². The number of nitrogens with zero attached hydrogens (tertiary/aromatic N) is 2. The van der Waals surface area contributed by atoms with Crippen LogP contribution in [0.3, 0.4) is 0 Å². The number of ether oxygens (including phenoxy) is 1. The minimum absolute atomic E-state index is 0.0743. The average molecular weight is 338 g/mol. The van der Waals surface area contributed by atoms with Gasteiger partial charge in [-0.3, -0.25) is 9.69 Å². The van der Waals surface area contributed by atoms with Crippen LogP contribution in [0.2, 0.25) is 0 Å². The summed E-state index contributed by atoms with van der Waals surface area (Å²) < 4.78 is 5.76. The van der Waals surface area contributed by atoms with Crippen molar-refractivity contribution in [1.82, 2.24) is 9.80 Å². The molecule has 0 unspecified atom stereocenters. The zero-order chi connectivity index (χ0) is 17.5. The molecule has 132 valence electrons. The van der Waals surface area contributed by atoms with Gasteiger partial charge in [-0.25, -0.2) is 0 Å². The molecule has 1 amide bonds. The van der Waals surface area contributed by atoms with Gasteiger partial charge in [-0.05, 0) is 23.6 Å². The van der Waals surface area contributed by atoms with E-state index in [4.69, 9.17) is 4.74 Å². The molecule has 2 aromatic carbocycles. The lowest BCUT2D eigenvalue weighted by Gasteiger charge is -2.34. The van der Waals surface area contributed by atoms with Crippen LogP contribution >= 0.6 is 0 Å². The average Bonchev–Trinajstić information content (AvgIpc) is 2.67. The number of hydrogen-bond acceptors (Lipinski definition) is 3. The first-order chi connectivity index (χ1) is 12.3. The molecule has 0 N–H and O–H groups in total. The summed E-state index contributed by atoms with van der Waals surface area (Å²) in [5, 5.41) is 0. The van der Waals surface area contributed by atoms with Crippen LogP contribution < -0.4 is 4.74 Å². The van der Waals surface area contributed by atoms with E-state index in [-0.39, 0.29) is 12.5 Å². The highest BCUT2D eigenvalue weighted by Gasteiger charge is 2.21. The molecule has 1 fully saturated rings. The molecule has 2 aromatic rings. The van der Waals surface area contributed by atoms with E-state index >= 15 is 0 Å². The summed E-state index contributed by atoms with van der Waals surface area (Å²) in [6.07, 6.45) is 0.905. The minimum atomic E-state index is 0.0743. The van der Waals surface area contributed by atoms with Gasteiger partial charge in [0.1, 0.15) is 5.75 Å². The van der Waals surface area contributed by atoms with Gasteiger partial charge in [0.2, 0.25) is 0 Å². The monoisotopic (exact) mass is 338 g/mol. The lowest BCUT2D eigenvalue weighted by molar-refractivity contribution is -0.135. The van der Waals surface area contributed by atoms with Crippen LogP contribution in [0.1, 0.15) is 18.1 Å². The first kappa shape index (κ1) is 17.5. The van der Waals surface area contributed by atoms with E-state index in [2.05, 4.69) is 36.1 Å². The molecule has 0 bridgehead atoms. The third-order valence-electron chi connectivity index (χ3n) is 4.68. The van der Waals surface area contributed by atoms with E-state index in [0.717, 1.165) is 50.5 Å². The van der Waals surface area contributed by atoms with Gasteiger partial charge in [0.15, 0.2) is 6.61 Å². The molecule has 0 radical (unpaired) electrons.